The SMILES string of the molecule is CC(C)(C)OC(=O)N1CCC(N(c2cc(C(=O)Nc3cc(F)c(F)c(F)c3)ccc2N)[SH](=O)=O)CC1. The largest absolute Gasteiger partial charge is 0.444 e. The lowest BCUT2D eigenvalue weighted by Crippen LogP contribution is -2.47. The predicted octanol–water partition coefficient (Wildman–Crippen LogP) is 3.67. The van der Waals surface area contributed by atoms with Crippen molar-refractivity contribution in [3.8, 4) is 0 Å². The number of nitrogens with zero attached hydrogens (tertiary/aromatic N) is 2. The molecule has 196 valence electrons. The Kier molecular flexibility index (Phi) is 8.02. The summed E-state index contributed by atoms with van der Waals surface area (Å²) in [6.45, 7) is 5.74. The number of ether oxygens (including phenoxy) is 1. The van der Waals surface area contributed by atoms with Gasteiger partial charge in [0.2, 0.25) is 10.9 Å². The van der Waals surface area contributed by atoms with Crippen LogP contribution in [0.25, 0.3) is 0 Å². The molecule has 2 aromatic carbocycles. The smallest absolute Gasteiger partial charge is 0.410 e. The van der Waals surface area contributed by atoms with E-state index in [1.165, 1.54) is 23.1 Å². The van der Waals surface area contributed by atoms with Gasteiger partial charge in [-0.25, -0.2) is 26.4 Å². The van der Waals surface area contributed by atoms with Gasteiger partial charge in [0.05, 0.1) is 11.4 Å². The lowest BCUT2D eigenvalue weighted by atomic mass is 10.0. The first-order valence-corrected chi connectivity index (χ1v) is 12.2. The molecule has 0 aromatic heterocycles. The molecule has 1 saturated heterocycles. The Balaban J connectivity index is 1.79. The Morgan fingerprint density at radius 2 is 1.67 bits per heavy atom. The molecule has 3 rings (SSSR count). The van der Waals surface area contributed by atoms with Gasteiger partial charge in [-0.05, 0) is 51.8 Å². The maximum Gasteiger partial charge on any atom is 0.410 e. The normalized spacial score (nSPS) is 14.6. The number of halogens is 3. The highest BCUT2D eigenvalue weighted by atomic mass is 32.2. The summed E-state index contributed by atoms with van der Waals surface area (Å²) in [4.78, 5) is 26.5. The van der Waals surface area contributed by atoms with Crippen LogP contribution in [-0.2, 0) is 15.6 Å². The Labute approximate surface area is 208 Å². The van der Waals surface area contributed by atoms with E-state index < -0.39 is 52.0 Å². The van der Waals surface area contributed by atoms with Gasteiger partial charge in [-0.2, -0.15) is 0 Å². The van der Waals surface area contributed by atoms with Crippen molar-refractivity contribution in [1.82, 2.24) is 4.90 Å². The van der Waals surface area contributed by atoms with Gasteiger partial charge < -0.3 is 20.7 Å². The summed E-state index contributed by atoms with van der Waals surface area (Å²) in [5.74, 6) is -5.44. The van der Waals surface area contributed by atoms with Crippen LogP contribution >= 0.6 is 0 Å². The number of rotatable bonds is 5. The van der Waals surface area contributed by atoms with Gasteiger partial charge in [-0.15, -0.1) is 0 Å². The topological polar surface area (TPSA) is 122 Å². The molecule has 36 heavy (non-hydrogen) atoms. The van der Waals surface area contributed by atoms with Crippen molar-refractivity contribution in [2.75, 3.05) is 28.4 Å². The Morgan fingerprint density at radius 3 is 2.19 bits per heavy atom. The minimum Gasteiger partial charge on any atom is -0.444 e. The molecule has 3 N–H and O–H groups in total. The summed E-state index contributed by atoms with van der Waals surface area (Å²) >= 11 is 0. The Bertz CT molecular complexity index is 1210. The lowest BCUT2D eigenvalue weighted by molar-refractivity contribution is 0.0207. The van der Waals surface area contributed by atoms with Crippen molar-refractivity contribution in [3.05, 3.63) is 53.3 Å². The number of likely N-dealkylation sites (tertiary alicyclic amines) is 1. The van der Waals surface area contributed by atoms with Crippen LogP contribution in [0.3, 0.4) is 0 Å². The summed E-state index contributed by atoms with van der Waals surface area (Å²) in [6, 6.07) is 4.59. The summed E-state index contributed by atoms with van der Waals surface area (Å²) in [5, 5.41) is 2.24. The van der Waals surface area contributed by atoms with E-state index in [4.69, 9.17) is 10.5 Å². The summed E-state index contributed by atoms with van der Waals surface area (Å²) in [6.07, 6.45) is 0.102. The average molecular weight is 529 g/mol. The second kappa shape index (κ2) is 10.6. The van der Waals surface area contributed by atoms with Crippen LogP contribution in [0.2, 0.25) is 0 Å². The van der Waals surface area contributed by atoms with Crippen LogP contribution in [0, 0.1) is 17.5 Å². The van der Waals surface area contributed by atoms with Gasteiger partial charge in [-0.3, -0.25) is 9.10 Å². The number of thiol groups is 1. The zero-order chi connectivity index (χ0) is 26.8. The molecule has 2 aromatic rings. The molecule has 0 spiro atoms. The number of amides is 2. The van der Waals surface area contributed by atoms with Crippen molar-refractivity contribution in [3.63, 3.8) is 0 Å². The third-order valence-electron chi connectivity index (χ3n) is 5.42. The Morgan fingerprint density at radius 1 is 1.08 bits per heavy atom. The maximum absolute atomic E-state index is 13.5. The maximum atomic E-state index is 13.5. The first-order valence-electron chi connectivity index (χ1n) is 11.0. The third kappa shape index (κ3) is 6.39. The van der Waals surface area contributed by atoms with Crippen LogP contribution in [0.15, 0.2) is 30.3 Å². The van der Waals surface area contributed by atoms with Crippen molar-refractivity contribution < 1.29 is 35.9 Å². The number of nitrogen functional groups attached to an aromatic ring is 1. The molecule has 1 heterocycles. The van der Waals surface area contributed by atoms with Gasteiger partial charge in [0, 0.05) is 42.5 Å². The number of carbonyl (C=O) groups excluding carboxylic acids is 2. The summed E-state index contributed by atoms with van der Waals surface area (Å²) in [5.41, 5.74) is 5.12. The number of nitrogens with one attached hydrogen (secondary N) is 1. The minimum absolute atomic E-state index is 0.0441. The van der Waals surface area contributed by atoms with Crippen molar-refractivity contribution in [2.45, 2.75) is 45.3 Å². The van der Waals surface area contributed by atoms with E-state index in [1.54, 1.807) is 20.8 Å². The van der Waals surface area contributed by atoms with E-state index in [-0.39, 0.29) is 35.7 Å². The molecule has 1 fully saturated rings. The Hall–Kier alpha value is -3.48. The number of benzene rings is 2. The number of piperidine rings is 1. The monoisotopic (exact) mass is 528 g/mol. The standard InChI is InChI=1S/C23H27F3N4O5S/c1-23(2,3)35-22(32)29-8-6-15(7-9-29)30(36(33)34)19-10-13(4-5-18(19)27)21(31)28-14-11-16(24)20(26)17(25)12-14/h4-5,10-12,15,36H,6-9,27H2,1-3H3,(H,28,31). The van der Waals surface area contributed by atoms with Crippen LogP contribution < -0.4 is 15.4 Å². The van der Waals surface area contributed by atoms with Crippen LogP contribution in [0.1, 0.15) is 44.0 Å². The van der Waals surface area contributed by atoms with Crippen molar-refractivity contribution in [1.29, 1.82) is 0 Å². The molecule has 0 aliphatic carbocycles. The highest BCUT2D eigenvalue weighted by Gasteiger charge is 2.32. The van der Waals surface area contributed by atoms with Gasteiger partial charge in [0.1, 0.15) is 5.60 Å². The molecule has 0 atom stereocenters. The number of hydrogen-bond donors (Lipinski definition) is 3. The second-order valence-electron chi connectivity index (χ2n) is 9.26. The predicted molar refractivity (Wildman–Crippen MR) is 129 cm³/mol. The number of nitrogens with two attached hydrogens (primary N) is 1. The van der Waals surface area contributed by atoms with Crippen LogP contribution in [0.5, 0.6) is 0 Å². The zero-order valence-electron chi connectivity index (χ0n) is 19.9. The van der Waals surface area contributed by atoms with Gasteiger partial charge in [-0.1, -0.05) is 0 Å². The van der Waals surface area contributed by atoms with Crippen LogP contribution in [-0.4, -0.2) is 50.1 Å². The average Bonchev–Trinajstić information content (AvgIpc) is 2.77. The molecule has 0 unspecified atom stereocenters. The van der Waals surface area contributed by atoms with Crippen LogP contribution in [0.4, 0.5) is 35.0 Å². The second-order valence-corrected chi connectivity index (χ2v) is 10.2. The number of hydrogen-bond acceptors (Lipinski definition) is 6. The minimum atomic E-state index is -3.18. The molecule has 0 radical (unpaired) electrons. The number of anilines is 3. The fourth-order valence-electron chi connectivity index (χ4n) is 3.75. The van der Waals surface area contributed by atoms with E-state index in [0.29, 0.717) is 25.0 Å². The lowest BCUT2D eigenvalue weighted by Gasteiger charge is -2.37. The van der Waals surface area contributed by atoms with Gasteiger partial charge in [0.15, 0.2) is 17.5 Å². The highest BCUT2D eigenvalue weighted by molar-refractivity contribution is 7.74. The van der Waals surface area contributed by atoms with Crippen molar-refractivity contribution >= 4 is 40.0 Å². The first kappa shape index (κ1) is 27.1. The molecule has 13 heteroatoms. The third-order valence-corrected chi connectivity index (χ3v) is 6.31. The highest BCUT2D eigenvalue weighted by Crippen LogP contribution is 2.31. The molecule has 0 bridgehead atoms. The van der Waals surface area contributed by atoms with Gasteiger partial charge >= 0.3 is 6.09 Å². The molecule has 1 aliphatic rings. The first-order chi connectivity index (χ1) is 16.8. The molecule has 2 amide bonds. The van der Waals surface area contributed by atoms with E-state index in [9.17, 15) is 31.2 Å². The van der Waals surface area contributed by atoms with E-state index >= 15 is 0 Å². The fraction of sp³-hybridized carbons (Fsp3) is 0.391. The molecule has 0 saturated carbocycles. The number of carbonyl (C=O) groups is 2. The zero-order valence-corrected chi connectivity index (χ0v) is 20.8. The molecule has 1 aliphatic heterocycles. The molecule has 9 nitrogen and oxygen atoms in total. The molecular weight excluding hydrogens is 501 g/mol. The fourth-order valence-corrected chi connectivity index (χ4v) is 4.60. The summed E-state index contributed by atoms with van der Waals surface area (Å²) in [7, 11) is -3.18. The quantitative estimate of drug-likeness (QED) is 0.309. The molecular formula is C23H27F3N4O5S. The summed E-state index contributed by atoms with van der Waals surface area (Å²) < 4.78 is 71.0. The van der Waals surface area contributed by atoms with E-state index in [2.05, 4.69) is 5.32 Å². The van der Waals surface area contributed by atoms with Gasteiger partial charge in [0.25, 0.3) is 5.91 Å². The van der Waals surface area contributed by atoms with E-state index in [0.717, 1.165) is 4.31 Å². The van der Waals surface area contributed by atoms with Crippen molar-refractivity contribution in [2.24, 2.45) is 0 Å². The van der Waals surface area contributed by atoms with E-state index in [1.807, 2.05) is 0 Å².